The number of nitrogens with zero attached hydrogens (tertiary/aromatic N) is 4. The zero-order chi connectivity index (χ0) is 21.9. The van der Waals surface area contributed by atoms with Crippen molar-refractivity contribution < 1.29 is 9.21 Å². The van der Waals surface area contributed by atoms with Crippen molar-refractivity contribution in [3.63, 3.8) is 0 Å². The van der Waals surface area contributed by atoms with Crippen molar-refractivity contribution in [2.24, 2.45) is 0 Å². The quantitative estimate of drug-likeness (QED) is 0.545. The number of furan rings is 1. The van der Waals surface area contributed by atoms with Crippen molar-refractivity contribution in [3.8, 4) is 0 Å². The third kappa shape index (κ3) is 4.33. The first-order valence-corrected chi connectivity index (χ1v) is 12.3. The van der Waals surface area contributed by atoms with Crippen molar-refractivity contribution in [3.05, 3.63) is 53.7 Å². The average molecular weight is 435 g/mol. The van der Waals surface area contributed by atoms with Crippen LogP contribution in [0.25, 0.3) is 11.0 Å². The maximum Gasteiger partial charge on any atom is 0.289 e. The number of fused-ring (bicyclic) bond motifs is 1. The van der Waals surface area contributed by atoms with E-state index in [2.05, 4.69) is 34.6 Å². The first-order chi connectivity index (χ1) is 15.7. The third-order valence-corrected chi connectivity index (χ3v) is 6.91. The van der Waals surface area contributed by atoms with Crippen molar-refractivity contribution in [2.75, 3.05) is 26.2 Å². The first kappa shape index (κ1) is 21.3. The Morgan fingerprint density at radius 2 is 1.91 bits per heavy atom. The Labute approximate surface area is 190 Å². The Bertz CT molecular complexity index is 1060. The van der Waals surface area contributed by atoms with E-state index in [0.717, 1.165) is 69.1 Å². The van der Waals surface area contributed by atoms with Gasteiger partial charge in [-0.3, -0.25) is 9.69 Å². The number of aromatic nitrogens is 2. The molecule has 2 saturated heterocycles. The van der Waals surface area contributed by atoms with Gasteiger partial charge in [0.25, 0.3) is 5.91 Å². The molecule has 2 aliphatic heterocycles. The predicted molar refractivity (Wildman–Crippen MR) is 126 cm³/mol. The number of rotatable bonds is 6. The molecule has 32 heavy (non-hydrogen) atoms. The minimum atomic E-state index is 0.0118. The fraction of sp³-hybridized carbons (Fsp3) is 0.538. The third-order valence-electron chi connectivity index (χ3n) is 6.91. The standard InChI is InChI=1S/C26H34N4O2/c1-2-14-30-23-11-5-4-10-22(23)27-25(30)20-9-8-17-29(18-20)26(31)24-13-12-21(32-24)19-28-15-6-3-7-16-28/h4-5,10-13,20H,2-3,6-9,14-19H2,1H3. The average Bonchev–Trinajstić information content (AvgIpc) is 3.45. The van der Waals surface area contributed by atoms with Gasteiger partial charge in [0, 0.05) is 25.6 Å². The lowest BCUT2D eigenvalue weighted by Gasteiger charge is -2.32. The molecule has 6 heteroatoms. The maximum absolute atomic E-state index is 13.3. The zero-order valence-corrected chi connectivity index (χ0v) is 19.1. The van der Waals surface area contributed by atoms with E-state index in [0.29, 0.717) is 12.3 Å². The highest BCUT2D eigenvalue weighted by Gasteiger charge is 2.30. The van der Waals surface area contributed by atoms with Gasteiger partial charge in [-0.15, -0.1) is 0 Å². The van der Waals surface area contributed by atoms with E-state index in [-0.39, 0.29) is 11.8 Å². The largest absolute Gasteiger partial charge is 0.455 e. The van der Waals surface area contributed by atoms with E-state index in [1.165, 1.54) is 24.8 Å². The summed E-state index contributed by atoms with van der Waals surface area (Å²) in [6.07, 6.45) is 6.95. The van der Waals surface area contributed by atoms with Crippen molar-refractivity contribution in [2.45, 2.75) is 64.5 Å². The number of benzene rings is 1. The van der Waals surface area contributed by atoms with Crippen LogP contribution in [0.5, 0.6) is 0 Å². The van der Waals surface area contributed by atoms with Gasteiger partial charge in [0.2, 0.25) is 0 Å². The molecule has 1 amide bonds. The molecule has 0 saturated carbocycles. The smallest absolute Gasteiger partial charge is 0.289 e. The molecule has 6 nitrogen and oxygen atoms in total. The van der Waals surface area contributed by atoms with Crippen LogP contribution in [0.15, 0.2) is 40.8 Å². The van der Waals surface area contributed by atoms with Gasteiger partial charge in [-0.1, -0.05) is 25.5 Å². The number of likely N-dealkylation sites (tertiary alicyclic amines) is 2. The van der Waals surface area contributed by atoms with Crippen LogP contribution in [0.2, 0.25) is 0 Å². The van der Waals surface area contributed by atoms with Gasteiger partial charge in [-0.2, -0.15) is 0 Å². The van der Waals surface area contributed by atoms with Crippen molar-refractivity contribution in [1.29, 1.82) is 0 Å². The SMILES string of the molecule is CCCn1c(C2CCCN(C(=O)c3ccc(CN4CCCCC4)o3)C2)nc2ccccc21. The molecule has 4 heterocycles. The number of carbonyl (C=O) groups is 1. The van der Waals surface area contributed by atoms with Crippen LogP contribution in [0.4, 0.5) is 0 Å². The summed E-state index contributed by atoms with van der Waals surface area (Å²) in [7, 11) is 0. The lowest BCUT2D eigenvalue weighted by Crippen LogP contribution is -2.39. The number of hydrogen-bond donors (Lipinski definition) is 0. The second-order valence-electron chi connectivity index (χ2n) is 9.30. The van der Waals surface area contributed by atoms with Gasteiger partial charge >= 0.3 is 0 Å². The molecule has 1 unspecified atom stereocenters. The molecule has 0 radical (unpaired) electrons. The van der Waals surface area contributed by atoms with E-state index in [4.69, 9.17) is 9.40 Å². The number of hydrogen-bond acceptors (Lipinski definition) is 4. The molecule has 3 aromatic rings. The second kappa shape index (κ2) is 9.49. The lowest BCUT2D eigenvalue weighted by atomic mass is 9.96. The molecule has 0 bridgehead atoms. The van der Waals surface area contributed by atoms with Gasteiger partial charge < -0.3 is 13.9 Å². The number of amides is 1. The fourth-order valence-corrected chi connectivity index (χ4v) is 5.31. The van der Waals surface area contributed by atoms with E-state index in [9.17, 15) is 4.79 Å². The van der Waals surface area contributed by atoms with Gasteiger partial charge in [0.05, 0.1) is 17.6 Å². The van der Waals surface area contributed by atoms with Gasteiger partial charge in [-0.05, 0) is 69.5 Å². The molecular formula is C26H34N4O2. The van der Waals surface area contributed by atoms with Crippen LogP contribution < -0.4 is 0 Å². The van der Waals surface area contributed by atoms with Crippen molar-refractivity contribution >= 4 is 16.9 Å². The summed E-state index contributed by atoms with van der Waals surface area (Å²) in [5.74, 6) is 2.76. The first-order valence-electron chi connectivity index (χ1n) is 12.3. The Hall–Kier alpha value is -2.60. The van der Waals surface area contributed by atoms with Gasteiger partial charge in [0.15, 0.2) is 5.76 Å². The molecule has 0 N–H and O–H groups in total. The lowest BCUT2D eigenvalue weighted by molar-refractivity contribution is 0.0667. The molecular weight excluding hydrogens is 400 g/mol. The molecule has 2 aliphatic rings. The summed E-state index contributed by atoms with van der Waals surface area (Å²) < 4.78 is 8.36. The number of para-hydroxylation sites is 2. The minimum absolute atomic E-state index is 0.0118. The van der Waals surface area contributed by atoms with Crippen LogP contribution in [0.3, 0.4) is 0 Å². The summed E-state index contributed by atoms with van der Waals surface area (Å²) in [4.78, 5) is 22.6. The van der Waals surface area contributed by atoms with Crippen LogP contribution in [-0.4, -0.2) is 51.4 Å². The molecule has 0 aliphatic carbocycles. The van der Waals surface area contributed by atoms with Crippen LogP contribution in [-0.2, 0) is 13.1 Å². The highest BCUT2D eigenvalue weighted by atomic mass is 16.4. The maximum atomic E-state index is 13.3. The van der Waals surface area contributed by atoms with E-state index < -0.39 is 0 Å². The topological polar surface area (TPSA) is 54.5 Å². The van der Waals surface area contributed by atoms with Crippen molar-refractivity contribution in [1.82, 2.24) is 19.4 Å². The molecule has 2 fully saturated rings. The minimum Gasteiger partial charge on any atom is -0.455 e. The van der Waals surface area contributed by atoms with Crippen LogP contribution >= 0.6 is 0 Å². The number of piperidine rings is 2. The second-order valence-corrected chi connectivity index (χ2v) is 9.30. The summed E-state index contributed by atoms with van der Waals surface area (Å²) in [5, 5.41) is 0. The normalized spacial score (nSPS) is 20.2. The predicted octanol–water partition coefficient (Wildman–Crippen LogP) is 5.05. The van der Waals surface area contributed by atoms with Crippen LogP contribution in [0.1, 0.15) is 73.5 Å². The monoisotopic (exact) mass is 434 g/mol. The van der Waals surface area contributed by atoms with E-state index in [1.807, 2.05) is 23.1 Å². The molecule has 170 valence electrons. The molecule has 1 atom stereocenters. The Morgan fingerprint density at radius 3 is 2.75 bits per heavy atom. The van der Waals surface area contributed by atoms with Gasteiger partial charge in [-0.25, -0.2) is 4.98 Å². The summed E-state index contributed by atoms with van der Waals surface area (Å²) in [6.45, 7) is 7.69. The number of carbonyl (C=O) groups excluding carboxylic acids is 1. The highest BCUT2D eigenvalue weighted by molar-refractivity contribution is 5.91. The van der Waals surface area contributed by atoms with Crippen LogP contribution in [0, 0.1) is 0 Å². The summed E-state index contributed by atoms with van der Waals surface area (Å²) in [5.41, 5.74) is 2.24. The van der Waals surface area contributed by atoms with E-state index >= 15 is 0 Å². The zero-order valence-electron chi connectivity index (χ0n) is 19.1. The highest BCUT2D eigenvalue weighted by Crippen LogP contribution is 2.30. The Morgan fingerprint density at radius 1 is 1.06 bits per heavy atom. The molecule has 2 aromatic heterocycles. The van der Waals surface area contributed by atoms with Gasteiger partial charge in [0.1, 0.15) is 11.6 Å². The number of imidazole rings is 1. The molecule has 0 spiro atoms. The molecule has 5 rings (SSSR count). The number of aryl methyl sites for hydroxylation is 1. The molecule has 1 aromatic carbocycles. The Balaban J connectivity index is 1.31. The summed E-state index contributed by atoms with van der Waals surface area (Å²) >= 11 is 0. The van der Waals surface area contributed by atoms with E-state index in [1.54, 1.807) is 0 Å². The summed E-state index contributed by atoms with van der Waals surface area (Å²) in [6, 6.07) is 12.2. The fourth-order valence-electron chi connectivity index (χ4n) is 5.31. The Kier molecular flexibility index (Phi) is 6.30.